The lowest BCUT2D eigenvalue weighted by Crippen LogP contribution is -2.24. The second-order valence-electron chi connectivity index (χ2n) is 4.33. The van der Waals surface area contributed by atoms with Crippen molar-refractivity contribution in [3.05, 3.63) is 65.9 Å². The number of urea groups is 1. The van der Waals surface area contributed by atoms with Gasteiger partial charge >= 0.3 is 6.03 Å². The number of methoxy groups -OCH3 is 1. The van der Waals surface area contributed by atoms with Gasteiger partial charge in [0.15, 0.2) is 0 Å². The van der Waals surface area contributed by atoms with Crippen molar-refractivity contribution in [3.8, 4) is 5.75 Å². The zero-order valence-electron chi connectivity index (χ0n) is 11.8. The minimum absolute atomic E-state index is 0.229. The minimum atomic E-state index is -0.715. The van der Waals surface area contributed by atoms with Crippen molar-refractivity contribution in [2.24, 2.45) is 0 Å². The van der Waals surface area contributed by atoms with E-state index in [2.05, 4.69) is 10.6 Å². The first-order valence-electron chi connectivity index (χ1n) is 6.41. The van der Waals surface area contributed by atoms with Crippen molar-refractivity contribution in [1.82, 2.24) is 5.32 Å². The maximum absolute atomic E-state index is 13.4. The monoisotopic (exact) mass is 304 g/mol. The van der Waals surface area contributed by atoms with E-state index < -0.39 is 17.7 Å². The molecule has 2 aromatic carbocycles. The molecule has 0 aromatic heterocycles. The first-order valence-corrected chi connectivity index (χ1v) is 6.41. The Morgan fingerprint density at radius 2 is 2.00 bits per heavy atom. The maximum atomic E-state index is 13.4. The molecule has 0 aliphatic carbocycles. The van der Waals surface area contributed by atoms with E-state index in [1.54, 1.807) is 31.4 Å². The number of benzene rings is 2. The molecule has 4 nitrogen and oxygen atoms in total. The molecule has 2 aromatic rings. The van der Waals surface area contributed by atoms with Gasteiger partial charge in [-0.3, -0.25) is 0 Å². The van der Waals surface area contributed by atoms with Gasteiger partial charge in [0.2, 0.25) is 0 Å². The van der Waals surface area contributed by atoms with E-state index in [1.165, 1.54) is 6.20 Å². The molecule has 0 fully saturated rings. The smallest absolute Gasteiger partial charge is 0.323 e. The molecular weight excluding hydrogens is 290 g/mol. The number of nitrogens with one attached hydrogen (secondary N) is 2. The van der Waals surface area contributed by atoms with Crippen LogP contribution in [-0.2, 0) is 0 Å². The van der Waals surface area contributed by atoms with Gasteiger partial charge in [-0.25, -0.2) is 13.6 Å². The molecule has 0 aliphatic rings. The highest BCUT2D eigenvalue weighted by atomic mass is 19.1. The van der Waals surface area contributed by atoms with Crippen LogP contribution in [0.1, 0.15) is 5.56 Å². The molecule has 0 aliphatic heterocycles. The van der Waals surface area contributed by atoms with Crippen molar-refractivity contribution in [1.29, 1.82) is 0 Å². The summed E-state index contributed by atoms with van der Waals surface area (Å²) in [6, 6.07) is 9.35. The molecule has 0 spiro atoms. The van der Waals surface area contributed by atoms with Gasteiger partial charge < -0.3 is 15.4 Å². The fraction of sp³-hybridized carbons (Fsp3) is 0.0625. The SMILES string of the molecule is COc1cccc(/C=C/NC(=O)Nc2cc(F)ccc2F)c1. The van der Waals surface area contributed by atoms with Gasteiger partial charge in [-0.1, -0.05) is 12.1 Å². The van der Waals surface area contributed by atoms with Crippen LogP contribution in [0.4, 0.5) is 19.3 Å². The molecule has 0 heterocycles. The van der Waals surface area contributed by atoms with Crippen LogP contribution in [0.3, 0.4) is 0 Å². The Bertz CT molecular complexity index is 702. The van der Waals surface area contributed by atoms with Gasteiger partial charge in [-0.2, -0.15) is 0 Å². The average Bonchev–Trinajstić information content (AvgIpc) is 2.51. The van der Waals surface area contributed by atoms with E-state index in [-0.39, 0.29) is 5.69 Å². The third-order valence-corrected chi connectivity index (χ3v) is 2.76. The topological polar surface area (TPSA) is 50.4 Å². The third-order valence-electron chi connectivity index (χ3n) is 2.76. The van der Waals surface area contributed by atoms with E-state index in [0.717, 1.165) is 23.8 Å². The lowest BCUT2D eigenvalue weighted by atomic mass is 10.2. The zero-order chi connectivity index (χ0) is 15.9. The van der Waals surface area contributed by atoms with Gasteiger partial charge in [0.05, 0.1) is 12.8 Å². The maximum Gasteiger partial charge on any atom is 0.323 e. The molecular formula is C16H14F2N2O2. The Morgan fingerprint density at radius 3 is 2.77 bits per heavy atom. The van der Waals surface area contributed by atoms with Gasteiger partial charge in [0, 0.05) is 12.3 Å². The predicted octanol–water partition coefficient (Wildman–Crippen LogP) is 3.77. The summed E-state index contributed by atoms with van der Waals surface area (Å²) in [5, 5.41) is 4.62. The number of carbonyl (C=O) groups excluding carboxylic acids is 1. The molecule has 0 bridgehead atoms. The number of anilines is 1. The normalized spacial score (nSPS) is 10.5. The molecule has 0 radical (unpaired) electrons. The van der Waals surface area contributed by atoms with E-state index in [1.807, 2.05) is 6.07 Å². The van der Waals surface area contributed by atoms with Gasteiger partial charge in [0.1, 0.15) is 17.4 Å². The zero-order valence-corrected chi connectivity index (χ0v) is 11.8. The molecule has 2 N–H and O–H groups in total. The Hall–Kier alpha value is -2.89. The van der Waals surface area contributed by atoms with Gasteiger partial charge in [-0.15, -0.1) is 0 Å². The first-order chi connectivity index (χ1) is 10.6. The van der Waals surface area contributed by atoms with Crippen LogP contribution in [0.2, 0.25) is 0 Å². The number of halogens is 2. The van der Waals surface area contributed by atoms with Crippen LogP contribution in [0.15, 0.2) is 48.7 Å². The van der Waals surface area contributed by atoms with Crippen molar-refractivity contribution >= 4 is 17.8 Å². The highest BCUT2D eigenvalue weighted by Crippen LogP contribution is 2.15. The number of rotatable bonds is 4. The van der Waals surface area contributed by atoms with Crippen LogP contribution in [-0.4, -0.2) is 13.1 Å². The largest absolute Gasteiger partial charge is 0.497 e. The van der Waals surface area contributed by atoms with E-state index in [9.17, 15) is 13.6 Å². The second-order valence-corrected chi connectivity index (χ2v) is 4.33. The molecule has 0 unspecified atom stereocenters. The van der Waals surface area contributed by atoms with Crippen LogP contribution >= 0.6 is 0 Å². The standard InChI is InChI=1S/C16H14F2N2O2/c1-22-13-4-2-3-11(9-13)7-8-19-16(21)20-15-10-12(17)5-6-14(15)18/h2-10H,1H3,(H2,19,20,21)/b8-7+. The lowest BCUT2D eigenvalue weighted by molar-refractivity contribution is 0.255. The highest BCUT2D eigenvalue weighted by molar-refractivity contribution is 5.90. The Morgan fingerprint density at radius 1 is 1.18 bits per heavy atom. The molecule has 114 valence electrons. The fourth-order valence-electron chi connectivity index (χ4n) is 1.71. The summed E-state index contributed by atoms with van der Waals surface area (Å²) in [5.74, 6) is -0.662. The van der Waals surface area contributed by atoms with Crippen LogP contribution in [0.5, 0.6) is 5.75 Å². The molecule has 0 atom stereocenters. The van der Waals surface area contributed by atoms with E-state index in [0.29, 0.717) is 5.75 Å². The van der Waals surface area contributed by atoms with Crippen LogP contribution in [0.25, 0.3) is 6.08 Å². The number of carbonyl (C=O) groups is 1. The molecule has 6 heteroatoms. The van der Waals surface area contributed by atoms with Crippen LogP contribution < -0.4 is 15.4 Å². The Kier molecular flexibility index (Phi) is 5.08. The Labute approximate surface area is 126 Å². The summed E-state index contributed by atoms with van der Waals surface area (Å²) >= 11 is 0. The number of hydrogen-bond donors (Lipinski definition) is 2. The molecule has 0 saturated heterocycles. The van der Waals surface area contributed by atoms with Crippen molar-refractivity contribution in [3.63, 3.8) is 0 Å². The molecule has 2 amide bonds. The predicted molar refractivity (Wildman–Crippen MR) is 80.5 cm³/mol. The van der Waals surface area contributed by atoms with Crippen molar-refractivity contribution in [2.75, 3.05) is 12.4 Å². The summed E-state index contributed by atoms with van der Waals surface area (Å²) in [6.07, 6.45) is 3.03. The van der Waals surface area contributed by atoms with Crippen molar-refractivity contribution in [2.45, 2.75) is 0 Å². The Balaban J connectivity index is 1.94. The number of amides is 2. The molecule has 22 heavy (non-hydrogen) atoms. The fourth-order valence-corrected chi connectivity index (χ4v) is 1.71. The highest BCUT2D eigenvalue weighted by Gasteiger charge is 2.06. The minimum Gasteiger partial charge on any atom is -0.497 e. The lowest BCUT2D eigenvalue weighted by Gasteiger charge is -2.06. The summed E-state index contributed by atoms with van der Waals surface area (Å²) in [6.45, 7) is 0. The quantitative estimate of drug-likeness (QED) is 0.903. The van der Waals surface area contributed by atoms with Crippen molar-refractivity contribution < 1.29 is 18.3 Å². The molecule has 2 rings (SSSR count). The average molecular weight is 304 g/mol. The van der Waals surface area contributed by atoms with Crippen LogP contribution in [0, 0.1) is 11.6 Å². The summed E-state index contributed by atoms with van der Waals surface area (Å²) in [4.78, 5) is 11.6. The first kappa shape index (κ1) is 15.5. The van der Waals surface area contributed by atoms with E-state index >= 15 is 0 Å². The second kappa shape index (κ2) is 7.21. The summed E-state index contributed by atoms with van der Waals surface area (Å²) in [5.41, 5.74) is 0.587. The van der Waals surface area contributed by atoms with Gasteiger partial charge in [0.25, 0.3) is 0 Å². The number of hydrogen-bond acceptors (Lipinski definition) is 2. The number of ether oxygens (including phenoxy) is 1. The van der Waals surface area contributed by atoms with Gasteiger partial charge in [-0.05, 0) is 35.9 Å². The van der Waals surface area contributed by atoms with E-state index in [4.69, 9.17) is 4.74 Å². The molecule has 0 saturated carbocycles. The third kappa shape index (κ3) is 4.31. The summed E-state index contributed by atoms with van der Waals surface area (Å²) < 4.78 is 31.4. The summed E-state index contributed by atoms with van der Waals surface area (Å²) in [7, 11) is 1.56.